The van der Waals surface area contributed by atoms with Crippen LogP contribution in [0, 0.1) is 17.8 Å². The van der Waals surface area contributed by atoms with E-state index in [9.17, 15) is 32.2 Å². The van der Waals surface area contributed by atoms with Crippen LogP contribution < -0.4 is 0 Å². The van der Waals surface area contributed by atoms with Crippen LogP contribution in [0.5, 0.6) is 0 Å². The van der Waals surface area contributed by atoms with Crippen molar-refractivity contribution in [1.82, 2.24) is 0 Å². The molecule has 3 rings (SSSR count). The molecule has 1 heterocycles. The van der Waals surface area contributed by atoms with Crippen molar-refractivity contribution in [3.8, 4) is 0 Å². The lowest BCUT2D eigenvalue weighted by Crippen LogP contribution is -2.77. The van der Waals surface area contributed by atoms with E-state index in [4.69, 9.17) is 0 Å². The zero-order chi connectivity index (χ0) is 15.1. The van der Waals surface area contributed by atoms with E-state index in [2.05, 4.69) is 4.74 Å². The minimum Gasteiger partial charge on any atom is -0.383 e. The number of rotatable bonds is 0. The minimum absolute atomic E-state index is 0.343. The highest BCUT2D eigenvalue weighted by Crippen LogP contribution is 2.62. The Kier molecular flexibility index (Phi) is 2.51. The van der Waals surface area contributed by atoms with E-state index in [0.717, 1.165) is 0 Å². The van der Waals surface area contributed by atoms with Gasteiger partial charge in [0, 0.05) is 11.8 Å². The van der Waals surface area contributed by atoms with Crippen LogP contribution in [-0.2, 0) is 4.74 Å². The Morgan fingerprint density at radius 3 is 2.25 bits per heavy atom. The van der Waals surface area contributed by atoms with Crippen molar-refractivity contribution in [2.45, 2.75) is 42.9 Å². The van der Waals surface area contributed by atoms with Gasteiger partial charge in [0.05, 0.1) is 6.10 Å². The van der Waals surface area contributed by atoms with Crippen LogP contribution in [-0.4, -0.2) is 39.8 Å². The van der Waals surface area contributed by atoms with Crippen molar-refractivity contribution in [3.05, 3.63) is 12.2 Å². The van der Waals surface area contributed by atoms with Crippen LogP contribution in [0.4, 0.5) is 22.0 Å². The molecule has 0 spiro atoms. The van der Waals surface area contributed by atoms with Crippen LogP contribution in [0.1, 0.15) is 13.3 Å². The summed E-state index contributed by atoms with van der Waals surface area (Å²) in [5.41, 5.74) is -3.01. The first kappa shape index (κ1) is 14.2. The topological polar surface area (TPSA) is 49.7 Å². The molecule has 0 aromatic heterocycles. The summed E-state index contributed by atoms with van der Waals surface area (Å²) in [6.45, 7) is 0.637. The first-order chi connectivity index (χ1) is 8.93. The second-order valence-electron chi connectivity index (χ2n) is 5.92. The van der Waals surface area contributed by atoms with Gasteiger partial charge >= 0.3 is 17.9 Å². The summed E-state index contributed by atoms with van der Waals surface area (Å²) < 4.78 is 71.3. The van der Waals surface area contributed by atoms with Crippen LogP contribution in [0.25, 0.3) is 0 Å². The molecule has 0 amide bonds. The van der Waals surface area contributed by atoms with Crippen molar-refractivity contribution in [3.63, 3.8) is 0 Å². The average molecular weight is 300 g/mol. The molecule has 2 bridgehead atoms. The van der Waals surface area contributed by atoms with E-state index in [-0.39, 0.29) is 0 Å². The molecule has 0 aromatic carbocycles. The van der Waals surface area contributed by atoms with Gasteiger partial charge in [-0.2, -0.15) is 22.0 Å². The molecular weight excluding hydrogens is 287 g/mol. The Morgan fingerprint density at radius 1 is 1.15 bits per heavy atom. The number of fused-ring (bicyclic) bond motifs is 5. The summed E-state index contributed by atoms with van der Waals surface area (Å²) >= 11 is 0. The third kappa shape index (κ3) is 1.35. The average Bonchev–Trinajstić information content (AvgIpc) is 2.85. The fourth-order valence-corrected chi connectivity index (χ4v) is 3.74. The highest BCUT2D eigenvalue weighted by molar-refractivity contribution is 5.24. The van der Waals surface area contributed by atoms with Crippen LogP contribution in [0.15, 0.2) is 12.2 Å². The van der Waals surface area contributed by atoms with Gasteiger partial charge in [-0.25, -0.2) is 0 Å². The summed E-state index contributed by atoms with van der Waals surface area (Å²) in [5.74, 6) is -11.7. The molecule has 1 aliphatic heterocycles. The normalized spacial score (nSPS) is 53.2. The van der Waals surface area contributed by atoms with Gasteiger partial charge in [0.2, 0.25) is 0 Å². The van der Waals surface area contributed by atoms with Gasteiger partial charge in [0.1, 0.15) is 5.60 Å². The molecule has 1 saturated heterocycles. The fraction of sp³-hybridized carbons (Fsp3) is 0.833. The largest absolute Gasteiger partial charge is 0.449 e. The van der Waals surface area contributed by atoms with E-state index in [1.807, 2.05) is 0 Å². The third-order valence-corrected chi connectivity index (χ3v) is 4.79. The molecule has 114 valence electrons. The molecule has 8 heteroatoms. The number of ether oxygens (including phenoxy) is 1. The Hall–Kier alpha value is -0.730. The Bertz CT molecular complexity index is 472. The van der Waals surface area contributed by atoms with Gasteiger partial charge in [-0.05, 0) is 19.3 Å². The smallest absolute Gasteiger partial charge is 0.383 e. The summed E-state index contributed by atoms with van der Waals surface area (Å²) in [4.78, 5) is 0. The number of hydrogen-bond donors (Lipinski definition) is 2. The van der Waals surface area contributed by atoms with Crippen molar-refractivity contribution >= 4 is 0 Å². The predicted molar refractivity (Wildman–Crippen MR) is 55.7 cm³/mol. The van der Waals surface area contributed by atoms with E-state index >= 15 is 0 Å². The second kappa shape index (κ2) is 3.53. The van der Waals surface area contributed by atoms with Gasteiger partial charge in [-0.1, -0.05) is 12.2 Å². The maximum absolute atomic E-state index is 14.1. The molecule has 3 aliphatic rings. The van der Waals surface area contributed by atoms with Crippen LogP contribution in [0.2, 0.25) is 0 Å². The van der Waals surface area contributed by atoms with Gasteiger partial charge < -0.3 is 14.9 Å². The Morgan fingerprint density at radius 2 is 1.70 bits per heavy atom. The van der Waals surface area contributed by atoms with E-state index < -0.39 is 47.3 Å². The van der Waals surface area contributed by atoms with E-state index in [1.165, 1.54) is 0 Å². The molecule has 3 nitrogen and oxygen atoms in total. The van der Waals surface area contributed by atoms with E-state index in [1.54, 1.807) is 12.2 Å². The Balaban J connectivity index is 2.12. The maximum Gasteiger partial charge on any atom is 0.449 e. The molecule has 2 N–H and O–H groups in total. The highest BCUT2D eigenvalue weighted by atomic mass is 19.4. The zero-order valence-corrected chi connectivity index (χ0v) is 10.4. The molecular formula is C12H13F5O3. The SMILES string of the molecule is CC1(O)C2C3C=CC(C3)C2OC(O)(C(F)(F)F)C1(F)F. The monoisotopic (exact) mass is 300 g/mol. The molecule has 6 atom stereocenters. The lowest BCUT2D eigenvalue weighted by Gasteiger charge is -2.54. The van der Waals surface area contributed by atoms with Gasteiger partial charge in [0.25, 0.3) is 0 Å². The Labute approximate surface area is 111 Å². The maximum atomic E-state index is 14.1. The first-order valence-electron chi connectivity index (χ1n) is 6.19. The summed E-state index contributed by atoms with van der Waals surface area (Å²) in [7, 11) is 0. The highest BCUT2D eigenvalue weighted by Gasteiger charge is 2.83. The second-order valence-corrected chi connectivity index (χ2v) is 5.92. The summed E-state index contributed by atoms with van der Waals surface area (Å²) in [6, 6.07) is 0. The molecule has 2 fully saturated rings. The fourth-order valence-electron chi connectivity index (χ4n) is 3.74. The quantitative estimate of drug-likeness (QED) is 0.530. The summed E-state index contributed by atoms with van der Waals surface area (Å²) in [6.07, 6.45) is -3.45. The molecule has 1 saturated carbocycles. The van der Waals surface area contributed by atoms with Crippen LogP contribution >= 0.6 is 0 Å². The first-order valence-corrected chi connectivity index (χ1v) is 6.19. The minimum atomic E-state index is -5.71. The van der Waals surface area contributed by atoms with Crippen molar-refractivity contribution in [2.75, 3.05) is 0 Å². The standard InChI is InChI=1S/C12H13F5O3/c1-9(18)7-5-2-3-6(4-5)8(7)20-11(19,10(9,13)14)12(15,16)17/h2-3,5-8,18-19H,4H2,1H3. The summed E-state index contributed by atoms with van der Waals surface area (Å²) in [5, 5.41) is 19.5. The van der Waals surface area contributed by atoms with Gasteiger partial charge in [0.15, 0.2) is 0 Å². The van der Waals surface area contributed by atoms with Crippen molar-refractivity contribution in [1.29, 1.82) is 0 Å². The zero-order valence-electron chi connectivity index (χ0n) is 10.4. The number of halogens is 5. The van der Waals surface area contributed by atoms with E-state index in [0.29, 0.717) is 13.3 Å². The third-order valence-electron chi connectivity index (χ3n) is 4.79. The van der Waals surface area contributed by atoms with Crippen molar-refractivity contribution < 1.29 is 36.9 Å². The number of alkyl halides is 5. The lowest BCUT2D eigenvalue weighted by molar-refractivity contribution is -0.491. The number of allylic oxidation sites excluding steroid dienone is 1. The molecule has 0 radical (unpaired) electrons. The van der Waals surface area contributed by atoms with Gasteiger partial charge in [-0.3, -0.25) is 0 Å². The molecule has 0 aromatic rings. The van der Waals surface area contributed by atoms with Gasteiger partial charge in [-0.15, -0.1) is 0 Å². The van der Waals surface area contributed by atoms with Crippen LogP contribution in [0.3, 0.4) is 0 Å². The van der Waals surface area contributed by atoms with Crippen molar-refractivity contribution in [2.24, 2.45) is 17.8 Å². The predicted octanol–water partition coefficient (Wildman–Crippen LogP) is 1.84. The lowest BCUT2D eigenvalue weighted by atomic mass is 9.69. The number of aliphatic hydroxyl groups is 2. The molecule has 20 heavy (non-hydrogen) atoms. The molecule has 6 unspecified atom stereocenters. The molecule has 2 aliphatic carbocycles. The number of hydrogen-bond acceptors (Lipinski definition) is 3.